The van der Waals surface area contributed by atoms with E-state index in [1.807, 2.05) is 12.1 Å². The van der Waals surface area contributed by atoms with Crippen molar-refractivity contribution in [3.05, 3.63) is 41.7 Å². The second kappa shape index (κ2) is 11.1. The van der Waals surface area contributed by atoms with Crippen LogP contribution >= 0.6 is 11.8 Å². The third kappa shape index (κ3) is 7.15. The fraction of sp³-hybridized carbons (Fsp3) is 0.368. The number of hydrazine groups is 1. The third-order valence-electron chi connectivity index (χ3n) is 3.94. The summed E-state index contributed by atoms with van der Waals surface area (Å²) in [6.07, 6.45) is 0. The van der Waals surface area contributed by atoms with E-state index in [-0.39, 0.29) is 17.4 Å². The molecule has 9 nitrogen and oxygen atoms in total. The second-order valence-electron chi connectivity index (χ2n) is 6.09. The fourth-order valence-electron chi connectivity index (χ4n) is 2.49. The van der Waals surface area contributed by atoms with Gasteiger partial charge in [-0.3, -0.25) is 25.2 Å². The summed E-state index contributed by atoms with van der Waals surface area (Å²) in [4.78, 5) is 37.9. The van der Waals surface area contributed by atoms with Crippen molar-refractivity contribution < 1.29 is 18.9 Å². The molecule has 0 saturated heterocycles. The van der Waals surface area contributed by atoms with Gasteiger partial charge in [-0.1, -0.05) is 5.16 Å². The van der Waals surface area contributed by atoms with Crippen molar-refractivity contribution in [2.24, 2.45) is 0 Å². The molecule has 0 saturated carbocycles. The molecule has 0 spiro atoms. The summed E-state index contributed by atoms with van der Waals surface area (Å²) in [5.41, 5.74) is 6.18. The Morgan fingerprint density at radius 2 is 1.69 bits per heavy atom. The second-order valence-corrected chi connectivity index (χ2v) is 7.07. The molecule has 0 aliphatic heterocycles. The molecule has 0 aliphatic rings. The van der Waals surface area contributed by atoms with Crippen LogP contribution in [-0.4, -0.2) is 47.5 Å². The van der Waals surface area contributed by atoms with E-state index in [0.29, 0.717) is 17.1 Å². The summed E-state index contributed by atoms with van der Waals surface area (Å²) in [5, 5.41) is 6.21. The Kier molecular flexibility index (Phi) is 8.53. The molecule has 2 aromatic rings. The predicted molar refractivity (Wildman–Crippen MR) is 113 cm³/mol. The van der Waals surface area contributed by atoms with Crippen LogP contribution in [-0.2, 0) is 9.59 Å². The first-order valence-electron chi connectivity index (χ1n) is 9.18. The molecule has 0 unspecified atom stereocenters. The Bertz CT molecular complexity index is 833. The van der Waals surface area contributed by atoms with Crippen LogP contribution in [0.2, 0.25) is 0 Å². The Morgan fingerprint density at radius 3 is 2.28 bits per heavy atom. The number of carbonyl (C=O) groups excluding carboxylic acids is 3. The molecule has 1 aromatic heterocycles. The summed E-state index contributed by atoms with van der Waals surface area (Å²) in [5.74, 6) is -0.107. The molecule has 1 aromatic carbocycles. The lowest BCUT2D eigenvalue weighted by atomic mass is 10.2. The zero-order valence-electron chi connectivity index (χ0n) is 16.7. The van der Waals surface area contributed by atoms with Crippen LogP contribution in [0.3, 0.4) is 0 Å². The van der Waals surface area contributed by atoms with Crippen molar-refractivity contribution in [1.82, 2.24) is 16.0 Å². The summed E-state index contributed by atoms with van der Waals surface area (Å²) in [6, 6.07) is 8.75. The van der Waals surface area contributed by atoms with Crippen molar-refractivity contribution in [2.45, 2.75) is 20.8 Å². The first-order valence-corrected chi connectivity index (χ1v) is 10.3. The van der Waals surface area contributed by atoms with Gasteiger partial charge in [0.2, 0.25) is 11.8 Å². The van der Waals surface area contributed by atoms with Crippen molar-refractivity contribution in [2.75, 3.05) is 34.8 Å². The molecule has 0 bridgehead atoms. The normalized spacial score (nSPS) is 10.3. The highest BCUT2D eigenvalue weighted by molar-refractivity contribution is 8.00. The molecule has 2 rings (SSSR count). The van der Waals surface area contributed by atoms with E-state index >= 15 is 0 Å². The van der Waals surface area contributed by atoms with Gasteiger partial charge in [-0.2, -0.15) is 0 Å². The van der Waals surface area contributed by atoms with E-state index in [1.54, 1.807) is 25.1 Å². The number of hydrogen-bond acceptors (Lipinski definition) is 7. The van der Waals surface area contributed by atoms with Gasteiger partial charge in [-0.25, -0.2) is 0 Å². The van der Waals surface area contributed by atoms with E-state index in [4.69, 9.17) is 4.52 Å². The van der Waals surface area contributed by atoms with Crippen LogP contribution in [0.5, 0.6) is 0 Å². The zero-order chi connectivity index (χ0) is 21.2. The van der Waals surface area contributed by atoms with Crippen LogP contribution in [0.4, 0.5) is 11.5 Å². The molecule has 0 aliphatic carbocycles. The van der Waals surface area contributed by atoms with Gasteiger partial charge in [0.05, 0.1) is 11.5 Å². The van der Waals surface area contributed by atoms with E-state index < -0.39 is 11.8 Å². The number of rotatable bonds is 9. The van der Waals surface area contributed by atoms with Gasteiger partial charge in [-0.05, 0) is 45.0 Å². The van der Waals surface area contributed by atoms with Crippen LogP contribution in [0.25, 0.3) is 0 Å². The van der Waals surface area contributed by atoms with Crippen molar-refractivity contribution in [1.29, 1.82) is 0 Å². The number of hydrogen-bond donors (Lipinski definition) is 3. The number of aromatic nitrogens is 1. The van der Waals surface area contributed by atoms with Crippen LogP contribution < -0.4 is 21.1 Å². The van der Waals surface area contributed by atoms with Gasteiger partial charge in [-0.15, -0.1) is 11.8 Å². The largest absolute Gasteiger partial charge is 0.372 e. The number of amides is 3. The molecule has 3 amide bonds. The monoisotopic (exact) mass is 419 g/mol. The van der Waals surface area contributed by atoms with Gasteiger partial charge in [0.1, 0.15) is 5.76 Å². The number of benzene rings is 1. The summed E-state index contributed by atoms with van der Waals surface area (Å²) >= 11 is 1.11. The number of carbonyl (C=O) groups is 3. The maximum absolute atomic E-state index is 12.1. The Labute approximate surface area is 173 Å². The van der Waals surface area contributed by atoms with Gasteiger partial charge < -0.3 is 14.7 Å². The molecular weight excluding hydrogens is 394 g/mol. The number of nitrogens with zero attached hydrogens (tertiary/aromatic N) is 2. The highest BCUT2D eigenvalue weighted by Crippen LogP contribution is 2.14. The minimum atomic E-state index is -0.409. The molecule has 156 valence electrons. The predicted octanol–water partition coefficient (Wildman–Crippen LogP) is 1.96. The molecule has 0 fully saturated rings. The number of anilines is 2. The molecule has 10 heteroatoms. The van der Waals surface area contributed by atoms with E-state index in [1.165, 1.54) is 0 Å². The topological polar surface area (TPSA) is 117 Å². The number of nitrogens with one attached hydrogen (secondary N) is 3. The summed E-state index contributed by atoms with van der Waals surface area (Å²) in [6.45, 7) is 7.61. The first-order chi connectivity index (χ1) is 13.9. The lowest BCUT2D eigenvalue weighted by Gasteiger charge is -2.21. The summed E-state index contributed by atoms with van der Waals surface area (Å²) < 4.78 is 4.85. The molecule has 1 heterocycles. The lowest BCUT2D eigenvalue weighted by molar-refractivity contribution is -0.119. The van der Waals surface area contributed by atoms with Crippen LogP contribution in [0.15, 0.2) is 34.9 Å². The molecular formula is C19H25N5O4S. The van der Waals surface area contributed by atoms with Gasteiger partial charge in [0.15, 0.2) is 5.82 Å². The standard InChI is InChI=1S/C19H25N5O4S/c1-4-24(5-2)15-8-6-14(7-9-15)19(27)22-21-18(26)12-29-11-17(25)20-16-10-13(3)28-23-16/h6-10H,4-5,11-12H2,1-3H3,(H,21,26)(H,22,27)(H,20,23,25). The zero-order valence-corrected chi connectivity index (χ0v) is 17.5. The fourth-order valence-corrected chi connectivity index (χ4v) is 3.10. The summed E-state index contributed by atoms with van der Waals surface area (Å²) in [7, 11) is 0. The molecule has 0 radical (unpaired) electrons. The van der Waals surface area contributed by atoms with Crippen molar-refractivity contribution in [3.63, 3.8) is 0 Å². The first kappa shape index (κ1) is 22.3. The van der Waals surface area contributed by atoms with E-state index in [2.05, 4.69) is 40.1 Å². The lowest BCUT2D eigenvalue weighted by Crippen LogP contribution is -2.42. The minimum Gasteiger partial charge on any atom is -0.372 e. The van der Waals surface area contributed by atoms with Gasteiger partial charge in [0.25, 0.3) is 5.91 Å². The smallest absolute Gasteiger partial charge is 0.269 e. The Balaban J connectivity index is 1.69. The van der Waals surface area contributed by atoms with Crippen molar-refractivity contribution >= 4 is 41.0 Å². The molecule has 29 heavy (non-hydrogen) atoms. The highest BCUT2D eigenvalue weighted by atomic mass is 32.2. The van der Waals surface area contributed by atoms with Crippen LogP contribution in [0.1, 0.15) is 30.0 Å². The highest BCUT2D eigenvalue weighted by Gasteiger charge is 2.11. The average molecular weight is 420 g/mol. The minimum absolute atomic E-state index is 0.0203. The quantitative estimate of drug-likeness (QED) is 0.532. The van der Waals surface area contributed by atoms with Crippen LogP contribution in [0, 0.1) is 6.92 Å². The number of thioether (sulfide) groups is 1. The third-order valence-corrected chi connectivity index (χ3v) is 4.87. The van der Waals surface area contributed by atoms with Gasteiger partial charge >= 0.3 is 0 Å². The maximum atomic E-state index is 12.1. The molecule has 0 atom stereocenters. The van der Waals surface area contributed by atoms with Gasteiger partial charge in [0, 0.05) is 30.4 Å². The Morgan fingerprint density at radius 1 is 1.03 bits per heavy atom. The number of aryl methyl sites for hydroxylation is 1. The molecule has 3 N–H and O–H groups in total. The van der Waals surface area contributed by atoms with E-state index in [0.717, 1.165) is 30.5 Å². The van der Waals surface area contributed by atoms with E-state index in [9.17, 15) is 14.4 Å². The maximum Gasteiger partial charge on any atom is 0.269 e. The Hall–Kier alpha value is -3.01. The SMILES string of the molecule is CCN(CC)c1ccc(C(=O)NNC(=O)CSCC(=O)Nc2cc(C)on2)cc1. The average Bonchev–Trinajstić information content (AvgIpc) is 3.12. The van der Waals surface area contributed by atoms with Crippen molar-refractivity contribution in [3.8, 4) is 0 Å².